The minimum absolute atomic E-state index is 0.389. The third kappa shape index (κ3) is 8.63. The average Bonchev–Trinajstić information content (AvgIpc) is 3.19. The van der Waals surface area contributed by atoms with Gasteiger partial charge in [-0.2, -0.15) is 0 Å². The van der Waals surface area contributed by atoms with Gasteiger partial charge in [-0.3, -0.25) is 0 Å². The first-order chi connectivity index (χ1) is 30.1. The second kappa shape index (κ2) is 17.2. The molecule has 16 bridgehead atoms. The first-order valence-corrected chi connectivity index (χ1v) is 27.2. The van der Waals surface area contributed by atoms with Gasteiger partial charge in [0.05, 0.1) is 0 Å². The molecule has 18 rings (SSSR count). The molecule has 2 aromatic carbocycles. The summed E-state index contributed by atoms with van der Waals surface area (Å²) in [7, 11) is 3.17. The number of rotatable bonds is 4. The smallest absolute Gasteiger partial charge is 0.145 e. The highest BCUT2D eigenvalue weighted by Gasteiger charge is 2.68. The minimum atomic E-state index is 0.389. The van der Waals surface area contributed by atoms with E-state index in [0.717, 1.165) is 91.7 Å². The van der Waals surface area contributed by atoms with Crippen LogP contribution in [-0.2, 0) is 9.47 Å². The van der Waals surface area contributed by atoms with E-state index >= 15 is 0 Å². The van der Waals surface area contributed by atoms with Gasteiger partial charge < -0.3 is 9.47 Å². The van der Waals surface area contributed by atoms with Crippen LogP contribution in [0.3, 0.4) is 0 Å². The normalized spacial score (nSPS) is 47.7. The largest absolute Gasteiger partial charge is 0.359 e. The van der Waals surface area contributed by atoms with Crippen molar-refractivity contribution in [2.75, 3.05) is 21.0 Å². The van der Waals surface area contributed by atoms with Crippen molar-refractivity contribution in [3.63, 3.8) is 0 Å². The molecule has 16 aliphatic rings. The number of hydrogen-bond acceptors (Lipinski definition) is 2. The molecular weight excluding hydrogens is 765 g/mol. The van der Waals surface area contributed by atoms with Gasteiger partial charge in [0.2, 0.25) is 0 Å². The zero-order valence-electron chi connectivity index (χ0n) is 41.9. The summed E-state index contributed by atoms with van der Waals surface area (Å²) in [6.45, 7) is 14.2. The molecular formula is C61H92O2. The average molecular weight is 857 g/mol. The lowest BCUT2D eigenvalue weighted by atomic mass is 9.33. The summed E-state index contributed by atoms with van der Waals surface area (Å²) in [5.41, 5.74) is 10.3. The van der Waals surface area contributed by atoms with Crippen molar-refractivity contribution in [1.82, 2.24) is 0 Å². The molecule has 2 heteroatoms. The van der Waals surface area contributed by atoms with Crippen LogP contribution in [0.15, 0.2) is 48.5 Å². The van der Waals surface area contributed by atoms with Gasteiger partial charge in [0.15, 0.2) is 0 Å². The van der Waals surface area contributed by atoms with Crippen LogP contribution in [0.5, 0.6) is 0 Å². The van der Waals surface area contributed by atoms with Crippen LogP contribution in [0.2, 0.25) is 0 Å². The maximum absolute atomic E-state index is 4.47. The summed E-state index contributed by atoms with van der Waals surface area (Å²) in [6, 6.07) is 16.7. The molecule has 4 unspecified atom stereocenters. The maximum atomic E-state index is 4.47. The van der Waals surface area contributed by atoms with Gasteiger partial charge in [0.25, 0.3) is 0 Å². The van der Waals surface area contributed by atoms with Crippen molar-refractivity contribution in [3.8, 4) is 0 Å². The van der Waals surface area contributed by atoms with Gasteiger partial charge in [-0.1, -0.05) is 62.4 Å². The maximum Gasteiger partial charge on any atom is 0.145 e. The van der Waals surface area contributed by atoms with Crippen molar-refractivity contribution in [2.24, 2.45) is 91.7 Å². The number of aryl methyl sites for hydroxylation is 4. The van der Waals surface area contributed by atoms with Crippen molar-refractivity contribution in [3.05, 3.63) is 70.8 Å². The standard InChI is InChI=1S/2C21H32.2C8H10.C3H8O2/c2*1-19-6-17-5-18(7-19)12-21(11-17,13-19)20-8-14-2-15(9-20)4-16(3-14)10-20;2*1-7-5-3-4-6-8(7)2;1-4-3-5-2/h2*14-18H,2-13H2,1H3;2*3-6H,1-2H3;3H2,1-2H3. The molecule has 16 fully saturated rings. The van der Waals surface area contributed by atoms with E-state index < -0.39 is 0 Å². The van der Waals surface area contributed by atoms with Gasteiger partial charge in [0.1, 0.15) is 6.79 Å². The van der Waals surface area contributed by atoms with E-state index in [-0.39, 0.29) is 0 Å². The second-order valence-electron chi connectivity index (χ2n) is 27.4. The summed E-state index contributed by atoms with van der Waals surface area (Å²) in [5, 5.41) is 0. The number of hydrogen-bond donors (Lipinski definition) is 0. The van der Waals surface area contributed by atoms with Gasteiger partial charge in [-0.25, -0.2) is 0 Å². The molecule has 0 radical (unpaired) electrons. The van der Waals surface area contributed by atoms with Crippen LogP contribution in [0.25, 0.3) is 0 Å². The summed E-state index contributed by atoms with van der Waals surface area (Å²) in [4.78, 5) is 0. The molecule has 63 heavy (non-hydrogen) atoms. The van der Waals surface area contributed by atoms with E-state index in [2.05, 4.69) is 99.5 Å². The lowest BCUT2D eigenvalue weighted by Gasteiger charge is -2.72. The van der Waals surface area contributed by atoms with E-state index in [1.54, 1.807) is 168 Å². The highest BCUT2D eigenvalue weighted by molar-refractivity contribution is 5.24. The van der Waals surface area contributed by atoms with E-state index in [0.29, 0.717) is 6.79 Å². The Morgan fingerprint density at radius 2 is 0.571 bits per heavy atom. The molecule has 0 heterocycles. The van der Waals surface area contributed by atoms with Crippen LogP contribution in [0.1, 0.15) is 190 Å². The van der Waals surface area contributed by atoms with E-state index in [1.165, 1.54) is 22.3 Å². The van der Waals surface area contributed by atoms with Crippen LogP contribution >= 0.6 is 0 Å². The van der Waals surface area contributed by atoms with Crippen molar-refractivity contribution in [1.29, 1.82) is 0 Å². The quantitative estimate of drug-likeness (QED) is 0.285. The van der Waals surface area contributed by atoms with Crippen molar-refractivity contribution >= 4 is 0 Å². The molecule has 0 amide bonds. The fourth-order valence-corrected chi connectivity index (χ4v) is 21.6. The number of ether oxygens (including phenoxy) is 2. The Morgan fingerprint density at radius 1 is 0.349 bits per heavy atom. The Balaban J connectivity index is 0.000000105. The summed E-state index contributed by atoms with van der Waals surface area (Å²) < 4.78 is 8.94. The van der Waals surface area contributed by atoms with Crippen LogP contribution in [0, 0.1) is 119 Å². The highest BCUT2D eigenvalue weighted by Crippen LogP contribution is 2.78. The Bertz CT molecular complexity index is 1620. The SMILES string of the molecule is CC12CC3CC(C1)CC(C14CC5CC(CC(C5)C1)C4)(C3)C2.CC12CC3CC(C1)CC(C14CC5CC(CC(C5)C1)C4)(C3)C2.COCOC.Cc1ccccc1C.Cc1ccccc1C. The van der Waals surface area contributed by atoms with Gasteiger partial charge >= 0.3 is 0 Å². The molecule has 16 saturated carbocycles. The molecule has 2 nitrogen and oxygen atoms in total. The van der Waals surface area contributed by atoms with E-state index in [9.17, 15) is 0 Å². The summed E-state index contributed by atoms with van der Waals surface area (Å²) >= 11 is 0. The van der Waals surface area contributed by atoms with Crippen LogP contribution in [0.4, 0.5) is 0 Å². The summed E-state index contributed by atoms with van der Waals surface area (Å²) in [5.74, 6) is 11.4. The lowest BCUT2D eigenvalue weighted by Crippen LogP contribution is -2.62. The zero-order chi connectivity index (χ0) is 43.8. The molecule has 0 N–H and O–H groups in total. The lowest BCUT2D eigenvalue weighted by molar-refractivity contribution is -0.217. The fourth-order valence-electron chi connectivity index (χ4n) is 21.6. The van der Waals surface area contributed by atoms with E-state index in [1.807, 2.05) is 0 Å². The topological polar surface area (TPSA) is 18.5 Å². The molecule has 0 aliphatic heterocycles. The summed E-state index contributed by atoms with van der Waals surface area (Å²) in [6.07, 6.45) is 39.2. The van der Waals surface area contributed by atoms with Crippen molar-refractivity contribution < 1.29 is 9.47 Å². The number of methoxy groups -OCH3 is 2. The zero-order valence-corrected chi connectivity index (χ0v) is 41.9. The predicted octanol–water partition coefficient (Wildman–Crippen LogP) is 16.5. The third-order valence-electron chi connectivity index (χ3n) is 22.1. The molecule has 0 saturated heterocycles. The minimum Gasteiger partial charge on any atom is -0.359 e. The molecule has 0 spiro atoms. The van der Waals surface area contributed by atoms with Gasteiger partial charge in [-0.05, 0) is 296 Å². The monoisotopic (exact) mass is 857 g/mol. The molecule has 16 aliphatic carbocycles. The third-order valence-corrected chi connectivity index (χ3v) is 22.1. The fraction of sp³-hybridized carbons (Fsp3) is 0.803. The van der Waals surface area contributed by atoms with Crippen molar-refractivity contribution in [2.45, 2.75) is 196 Å². The highest BCUT2D eigenvalue weighted by atomic mass is 16.6. The van der Waals surface area contributed by atoms with Crippen LogP contribution < -0.4 is 0 Å². The Morgan fingerprint density at radius 3 is 0.762 bits per heavy atom. The van der Waals surface area contributed by atoms with E-state index in [4.69, 9.17) is 0 Å². The number of benzene rings is 2. The molecule has 348 valence electrons. The molecule has 2 aromatic rings. The Hall–Kier alpha value is -1.64. The first kappa shape index (κ1) is 45.2. The van der Waals surface area contributed by atoms with Crippen LogP contribution in [-0.4, -0.2) is 21.0 Å². The molecule has 0 aromatic heterocycles. The first-order valence-electron chi connectivity index (χ1n) is 27.2. The molecule has 4 atom stereocenters. The van der Waals surface area contributed by atoms with Gasteiger partial charge in [0, 0.05) is 14.2 Å². The second-order valence-corrected chi connectivity index (χ2v) is 27.4. The Labute approximate surface area is 387 Å². The predicted molar refractivity (Wildman–Crippen MR) is 262 cm³/mol. The Kier molecular flexibility index (Phi) is 12.3. The van der Waals surface area contributed by atoms with Gasteiger partial charge in [-0.15, -0.1) is 0 Å².